The van der Waals surface area contributed by atoms with Gasteiger partial charge in [-0.05, 0) is 31.0 Å². The predicted molar refractivity (Wildman–Crippen MR) is 88.7 cm³/mol. The number of amides is 1. The monoisotopic (exact) mass is 314 g/mol. The number of nitrogens with two attached hydrogens (primary N) is 1. The Hall–Kier alpha value is -2.34. The molecule has 1 amide bonds. The van der Waals surface area contributed by atoms with Gasteiger partial charge in [-0.3, -0.25) is 4.79 Å². The van der Waals surface area contributed by atoms with E-state index in [0.717, 1.165) is 28.4 Å². The summed E-state index contributed by atoms with van der Waals surface area (Å²) in [4.78, 5) is 18.8. The van der Waals surface area contributed by atoms with E-state index >= 15 is 0 Å². The van der Waals surface area contributed by atoms with Crippen molar-refractivity contribution in [3.8, 4) is 5.75 Å². The molecule has 1 aromatic heterocycles. The van der Waals surface area contributed by atoms with Crippen LogP contribution in [0.1, 0.15) is 17.0 Å². The summed E-state index contributed by atoms with van der Waals surface area (Å²) in [6.45, 7) is 5.01. The van der Waals surface area contributed by atoms with E-state index in [0.29, 0.717) is 19.6 Å². The normalized spacial score (nSPS) is 15.0. The molecular formula is C17H22N4O2. The van der Waals surface area contributed by atoms with Crippen LogP contribution in [0.2, 0.25) is 0 Å². The van der Waals surface area contributed by atoms with Crippen LogP contribution in [0.5, 0.6) is 5.75 Å². The highest BCUT2D eigenvalue weighted by Gasteiger charge is 2.29. The molecule has 1 aliphatic rings. The molecule has 0 aliphatic carbocycles. The first kappa shape index (κ1) is 15.6. The number of imidazole rings is 1. The highest BCUT2D eigenvalue weighted by Crippen LogP contribution is 2.36. The van der Waals surface area contributed by atoms with E-state index in [2.05, 4.69) is 11.1 Å². The van der Waals surface area contributed by atoms with Gasteiger partial charge < -0.3 is 19.9 Å². The van der Waals surface area contributed by atoms with Crippen LogP contribution in [0, 0.1) is 13.8 Å². The maximum absolute atomic E-state index is 12.8. The standard InChI is InChI=1S/C17H22N4O2/c1-11-8-12(2)16-14(9-11)21(6-7-23-16)17(22)13(18)10-15-19-4-5-20(15)3/h4-5,8-9,13H,6-7,10,18H2,1-3H3. The van der Waals surface area contributed by atoms with E-state index in [4.69, 9.17) is 10.5 Å². The molecule has 0 bridgehead atoms. The summed E-state index contributed by atoms with van der Waals surface area (Å²) in [5.41, 5.74) is 9.11. The quantitative estimate of drug-likeness (QED) is 0.927. The van der Waals surface area contributed by atoms with Crippen LogP contribution in [0.3, 0.4) is 0 Å². The van der Waals surface area contributed by atoms with E-state index in [1.54, 1.807) is 11.1 Å². The number of nitrogens with zero attached hydrogens (tertiary/aromatic N) is 3. The van der Waals surface area contributed by atoms with Crippen LogP contribution < -0.4 is 15.4 Å². The molecule has 1 aromatic carbocycles. The number of aryl methyl sites for hydroxylation is 3. The summed E-state index contributed by atoms with van der Waals surface area (Å²) in [5.74, 6) is 1.49. The van der Waals surface area contributed by atoms with Crippen molar-refractivity contribution in [1.29, 1.82) is 0 Å². The molecule has 122 valence electrons. The van der Waals surface area contributed by atoms with Crippen molar-refractivity contribution < 1.29 is 9.53 Å². The largest absolute Gasteiger partial charge is 0.489 e. The summed E-state index contributed by atoms with van der Waals surface area (Å²) in [5, 5.41) is 0. The molecule has 2 heterocycles. The van der Waals surface area contributed by atoms with Gasteiger partial charge >= 0.3 is 0 Å². The lowest BCUT2D eigenvalue weighted by Gasteiger charge is -2.32. The Labute approximate surface area is 135 Å². The van der Waals surface area contributed by atoms with Gasteiger partial charge in [0.05, 0.1) is 18.3 Å². The Kier molecular flexibility index (Phi) is 4.09. The summed E-state index contributed by atoms with van der Waals surface area (Å²) in [6, 6.07) is 3.41. The molecule has 1 unspecified atom stereocenters. The topological polar surface area (TPSA) is 73.4 Å². The highest BCUT2D eigenvalue weighted by molar-refractivity contribution is 5.99. The van der Waals surface area contributed by atoms with Gasteiger partial charge in [0.2, 0.25) is 5.91 Å². The van der Waals surface area contributed by atoms with Crippen LogP contribution in [0.15, 0.2) is 24.5 Å². The number of fused-ring (bicyclic) bond motifs is 1. The van der Waals surface area contributed by atoms with Gasteiger partial charge in [0.25, 0.3) is 0 Å². The molecule has 0 saturated heterocycles. The maximum Gasteiger partial charge on any atom is 0.244 e. The van der Waals surface area contributed by atoms with Gasteiger partial charge in [0, 0.05) is 25.9 Å². The van der Waals surface area contributed by atoms with Gasteiger partial charge in [-0.25, -0.2) is 4.98 Å². The van der Waals surface area contributed by atoms with Crippen molar-refractivity contribution in [2.75, 3.05) is 18.1 Å². The Balaban J connectivity index is 1.85. The second-order valence-corrected chi connectivity index (χ2v) is 6.03. The van der Waals surface area contributed by atoms with Crippen molar-refractivity contribution in [2.45, 2.75) is 26.3 Å². The van der Waals surface area contributed by atoms with Crippen LogP contribution >= 0.6 is 0 Å². The van der Waals surface area contributed by atoms with E-state index < -0.39 is 6.04 Å². The van der Waals surface area contributed by atoms with E-state index in [-0.39, 0.29) is 5.91 Å². The predicted octanol–water partition coefficient (Wildman–Crippen LogP) is 1.33. The average molecular weight is 314 g/mol. The molecule has 2 N–H and O–H groups in total. The molecule has 0 radical (unpaired) electrons. The Morgan fingerprint density at radius 1 is 1.43 bits per heavy atom. The molecule has 6 heteroatoms. The maximum atomic E-state index is 12.8. The molecule has 0 saturated carbocycles. The average Bonchev–Trinajstić information content (AvgIpc) is 2.91. The van der Waals surface area contributed by atoms with Crippen molar-refractivity contribution in [1.82, 2.24) is 9.55 Å². The summed E-state index contributed by atoms with van der Waals surface area (Å²) in [7, 11) is 1.90. The number of rotatable bonds is 3. The third-order valence-corrected chi connectivity index (χ3v) is 4.16. The molecule has 1 atom stereocenters. The number of ether oxygens (including phenoxy) is 1. The number of benzene rings is 1. The Bertz CT molecular complexity index is 738. The minimum Gasteiger partial charge on any atom is -0.489 e. The fourth-order valence-corrected chi connectivity index (χ4v) is 2.99. The Morgan fingerprint density at radius 2 is 2.22 bits per heavy atom. The second kappa shape index (κ2) is 6.04. The molecule has 1 aliphatic heterocycles. The molecule has 0 spiro atoms. The SMILES string of the molecule is Cc1cc(C)c2c(c1)N(C(=O)C(N)Cc1nccn1C)CCO2. The molecule has 0 fully saturated rings. The van der Waals surface area contributed by atoms with E-state index in [9.17, 15) is 4.79 Å². The number of carbonyl (C=O) groups excluding carboxylic acids is 1. The molecule has 6 nitrogen and oxygen atoms in total. The fraction of sp³-hybridized carbons (Fsp3) is 0.412. The lowest BCUT2D eigenvalue weighted by molar-refractivity contribution is -0.120. The van der Waals surface area contributed by atoms with E-state index in [1.807, 2.05) is 37.7 Å². The minimum absolute atomic E-state index is 0.0949. The van der Waals surface area contributed by atoms with Crippen molar-refractivity contribution in [3.05, 3.63) is 41.5 Å². The van der Waals surface area contributed by atoms with Crippen molar-refractivity contribution in [3.63, 3.8) is 0 Å². The third kappa shape index (κ3) is 2.94. The molecule has 23 heavy (non-hydrogen) atoms. The van der Waals surface area contributed by atoms with Gasteiger partial charge in [-0.15, -0.1) is 0 Å². The number of hydrogen-bond donors (Lipinski definition) is 1. The lowest BCUT2D eigenvalue weighted by Crippen LogP contribution is -2.48. The number of aromatic nitrogens is 2. The minimum atomic E-state index is -0.622. The van der Waals surface area contributed by atoms with Crippen molar-refractivity contribution >= 4 is 11.6 Å². The zero-order valence-corrected chi connectivity index (χ0v) is 13.7. The molecule has 3 rings (SSSR count). The van der Waals surface area contributed by atoms with Gasteiger partial charge in [0.15, 0.2) is 0 Å². The number of hydrogen-bond acceptors (Lipinski definition) is 4. The van der Waals surface area contributed by atoms with Gasteiger partial charge in [-0.1, -0.05) is 6.07 Å². The smallest absolute Gasteiger partial charge is 0.244 e. The fourth-order valence-electron chi connectivity index (χ4n) is 2.99. The third-order valence-electron chi connectivity index (χ3n) is 4.16. The molecular weight excluding hydrogens is 292 g/mol. The van der Waals surface area contributed by atoms with Crippen LogP contribution in [0.4, 0.5) is 5.69 Å². The highest BCUT2D eigenvalue weighted by atomic mass is 16.5. The number of anilines is 1. The first-order valence-electron chi connectivity index (χ1n) is 7.74. The zero-order valence-electron chi connectivity index (χ0n) is 13.7. The van der Waals surface area contributed by atoms with Crippen LogP contribution in [0.25, 0.3) is 0 Å². The Morgan fingerprint density at radius 3 is 2.91 bits per heavy atom. The van der Waals surface area contributed by atoms with Gasteiger partial charge in [0.1, 0.15) is 18.2 Å². The summed E-state index contributed by atoms with van der Waals surface area (Å²) >= 11 is 0. The molecule has 2 aromatic rings. The van der Waals surface area contributed by atoms with Gasteiger partial charge in [-0.2, -0.15) is 0 Å². The van der Waals surface area contributed by atoms with Crippen molar-refractivity contribution in [2.24, 2.45) is 12.8 Å². The first-order valence-corrected chi connectivity index (χ1v) is 7.74. The van der Waals surface area contributed by atoms with E-state index in [1.165, 1.54) is 0 Å². The lowest BCUT2D eigenvalue weighted by atomic mass is 10.1. The zero-order chi connectivity index (χ0) is 16.6. The first-order chi connectivity index (χ1) is 11.0. The summed E-state index contributed by atoms with van der Waals surface area (Å²) < 4.78 is 7.63. The van der Waals surface area contributed by atoms with Crippen LogP contribution in [-0.2, 0) is 18.3 Å². The summed E-state index contributed by atoms with van der Waals surface area (Å²) in [6.07, 6.45) is 3.98. The second-order valence-electron chi connectivity index (χ2n) is 6.03. The van der Waals surface area contributed by atoms with Crippen LogP contribution in [-0.4, -0.2) is 34.7 Å². The number of carbonyl (C=O) groups is 1.